The zero-order valence-electron chi connectivity index (χ0n) is 15.3. The second-order valence-electron chi connectivity index (χ2n) is 6.14. The number of nitrogens with one attached hydrogen (secondary N) is 1. The van der Waals surface area contributed by atoms with Gasteiger partial charge in [0.25, 0.3) is 0 Å². The second kappa shape index (κ2) is 8.22. The molecule has 0 unspecified atom stereocenters. The Kier molecular flexibility index (Phi) is 5.34. The van der Waals surface area contributed by atoms with Crippen LogP contribution in [0.25, 0.3) is 0 Å². The fraction of sp³-hybridized carbons (Fsp3) is 0.278. The number of hydrogen-bond donors (Lipinski definition) is 1. The van der Waals surface area contributed by atoms with Crippen molar-refractivity contribution in [1.82, 2.24) is 25.1 Å². The molecule has 3 aromatic rings. The van der Waals surface area contributed by atoms with Gasteiger partial charge < -0.3 is 19.9 Å². The Balaban J connectivity index is 1.42. The minimum absolute atomic E-state index is 0.522. The minimum Gasteiger partial charge on any atom is -0.495 e. The molecular formula is C18H19ClN8O. The minimum atomic E-state index is 0.522. The summed E-state index contributed by atoms with van der Waals surface area (Å²) >= 11 is 6.18. The van der Waals surface area contributed by atoms with Crippen LogP contribution >= 0.6 is 11.6 Å². The van der Waals surface area contributed by atoms with Gasteiger partial charge >= 0.3 is 0 Å². The van der Waals surface area contributed by atoms with Crippen molar-refractivity contribution in [2.75, 3.05) is 48.4 Å². The molecule has 1 saturated heterocycles. The topological polar surface area (TPSA) is 92.2 Å². The van der Waals surface area contributed by atoms with Crippen LogP contribution in [0.1, 0.15) is 0 Å². The number of benzene rings is 1. The lowest BCUT2D eigenvalue weighted by Crippen LogP contribution is -2.47. The molecule has 0 amide bonds. The molecule has 0 atom stereocenters. The maximum atomic E-state index is 6.18. The smallest absolute Gasteiger partial charge is 0.247 e. The predicted molar refractivity (Wildman–Crippen MR) is 108 cm³/mol. The summed E-state index contributed by atoms with van der Waals surface area (Å²) in [6.45, 7) is 3.10. The summed E-state index contributed by atoms with van der Waals surface area (Å²) in [6, 6.07) is 7.25. The molecule has 4 rings (SSSR count). The molecule has 1 aliphatic heterocycles. The van der Waals surface area contributed by atoms with Gasteiger partial charge in [0, 0.05) is 44.3 Å². The largest absolute Gasteiger partial charge is 0.495 e. The predicted octanol–water partition coefficient (Wildman–Crippen LogP) is 2.39. The van der Waals surface area contributed by atoms with Crippen molar-refractivity contribution in [2.45, 2.75) is 0 Å². The lowest BCUT2D eigenvalue weighted by atomic mass is 10.3. The molecular weight excluding hydrogens is 380 g/mol. The van der Waals surface area contributed by atoms with E-state index < -0.39 is 0 Å². The molecule has 0 aliphatic carbocycles. The van der Waals surface area contributed by atoms with Crippen LogP contribution in [0.4, 0.5) is 23.4 Å². The van der Waals surface area contributed by atoms with E-state index >= 15 is 0 Å². The highest BCUT2D eigenvalue weighted by Crippen LogP contribution is 2.28. The highest BCUT2D eigenvalue weighted by molar-refractivity contribution is 6.32. The summed E-state index contributed by atoms with van der Waals surface area (Å²) in [5, 5.41) is 12.0. The molecule has 9 nitrogen and oxygen atoms in total. The zero-order chi connectivity index (χ0) is 19.3. The third-order valence-electron chi connectivity index (χ3n) is 4.37. The van der Waals surface area contributed by atoms with E-state index in [1.165, 1.54) is 0 Å². The van der Waals surface area contributed by atoms with Crippen molar-refractivity contribution in [3.63, 3.8) is 0 Å². The Morgan fingerprint density at radius 2 is 1.75 bits per heavy atom. The number of anilines is 4. The molecule has 10 heteroatoms. The summed E-state index contributed by atoms with van der Waals surface area (Å²) in [5.74, 6) is 2.54. The molecule has 0 bridgehead atoms. The van der Waals surface area contributed by atoms with Crippen LogP contribution in [0, 0.1) is 0 Å². The highest BCUT2D eigenvalue weighted by Gasteiger charge is 2.21. The maximum Gasteiger partial charge on any atom is 0.247 e. The van der Waals surface area contributed by atoms with E-state index in [2.05, 4.69) is 40.3 Å². The van der Waals surface area contributed by atoms with Gasteiger partial charge in [-0.2, -0.15) is 10.1 Å². The van der Waals surface area contributed by atoms with E-state index in [1.54, 1.807) is 37.8 Å². The summed E-state index contributed by atoms with van der Waals surface area (Å²) in [6.07, 6.45) is 5.08. The van der Waals surface area contributed by atoms with Gasteiger partial charge in [-0.05, 0) is 24.3 Å². The normalized spacial score (nSPS) is 14.1. The van der Waals surface area contributed by atoms with Gasteiger partial charge in [-0.25, -0.2) is 9.97 Å². The number of aromatic nitrogens is 5. The van der Waals surface area contributed by atoms with Crippen molar-refractivity contribution in [2.24, 2.45) is 0 Å². The number of methoxy groups -OCH3 is 1. The van der Waals surface area contributed by atoms with Crippen LogP contribution in [-0.2, 0) is 0 Å². The van der Waals surface area contributed by atoms with Crippen LogP contribution in [0.2, 0.25) is 5.02 Å². The molecule has 0 radical (unpaired) electrons. The first-order valence-corrected chi connectivity index (χ1v) is 9.18. The SMILES string of the molecule is COc1ccc(Nc2cnnc(N3CCN(c4ncccn4)CC3)n2)cc1Cl. The van der Waals surface area contributed by atoms with Gasteiger partial charge in [0.05, 0.1) is 18.3 Å². The summed E-state index contributed by atoms with van der Waals surface area (Å²) in [7, 11) is 1.58. The number of nitrogens with zero attached hydrogens (tertiary/aromatic N) is 7. The van der Waals surface area contributed by atoms with Crippen molar-refractivity contribution in [3.05, 3.63) is 47.9 Å². The molecule has 3 heterocycles. The standard InChI is InChI=1S/C18H19ClN8O/c1-28-15-4-3-13(11-14(15)19)23-16-12-22-25-18(24-16)27-9-7-26(8-10-27)17-20-5-2-6-21-17/h2-6,11-12H,7-10H2,1H3,(H,23,24,25). The maximum absolute atomic E-state index is 6.18. The number of hydrogen-bond acceptors (Lipinski definition) is 9. The summed E-state index contributed by atoms with van der Waals surface area (Å²) in [5.41, 5.74) is 0.795. The van der Waals surface area contributed by atoms with E-state index in [1.807, 2.05) is 12.1 Å². The van der Waals surface area contributed by atoms with Crippen molar-refractivity contribution >= 4 is 35.0 Å². The summed E-state index contributed by atoms with van der Waals surface area (Å²) in [4.78, 5) is 17.4. The van der Waals surface area contributed by atoms with E-state index in [0.29, 0.717) is 22.5 Å². The van der Waals surface area contributed by atoms with Crippen LogP contribution in [0.5, 0.6) is 5.75 Å². The first kappa shape index (κ1) is 18.2. The number of halogens is 1. The molecule has 144 valence electrons. The molecule has 1 N–H and O–H groups in total. The summed E-state index contributed by atoms with van der Waals surface area (Å²) < 4.78 is 5.17. The Hall–Kier alpha value is -3.20. The average molecular weight is 399 g/mol. The van der Waals surface area contributed by atoms with Gasteiger partial charge in [0.15, 0.2) is 5.82 Å². The second-order valence-corrected chi connectivity index (χ2v) is 6.55. The molecule has 1 fully saturated rings. The van der Waals surface area contributed by atoms with Gasteiger partial charge in [-0.1, -0.05) is 11.6 Å². The first-order valence-electron chi connectivity index (χ1n) is 8.80. The number of rotatable bonds is 5. The molecule has 1 aromatic carbocycles. The highest BCUT2D eigenvalue weighted by atomic mass is 35.5. The average Bonchev–Trinajstić information content (AvgIpc) is 2.75. The Bertz CT molecular complexity index is 934. The third kappa shape index (κ3) is 4.04. The number of piperazine rings is 1. The van der Waals surface area contributed by atoms with E-state index in [4.69, 9.17) is 16.3 Å². The molecule has 0 spiro atoms. The van der Waals surface area contributed by atoms with Gasteiger partial charge in [-0.15, -0.1) is 5.10 Å². The zero-order valence-corrected chi connectivity index (χ0v) is 16.0. The molecule has 28 heavy (non-hydrogen) atoms. The monoisotopic (exact) mass is 398 g/mol. The number of ether oxygens (including phenoxy) is 1. The fourth-order valence-electron chi connectivity index (χ4n) is 2.94. The van der Waals surface area contributed by atoms with Crippen molar-refractivity contribution < 1.29 is 4.74 Å². The lowest BCUT2D eigenvalue weighted by Gasteiger charge is -2.34. The third-order valence-corrected chi connectivity index (χ3v) is 4.66. The van der Waals surface area contributed by atoms with E-state index in [0.717, 1.165) is 37.8 Å². The van der Waals surface area contributed by atoms with Crippen molar-refractivity contribution in [1.29, 1.82) is 0 Å². The Morgan fingerprint density at radius 3 is 2.43 bits per heavy atom. The van der Waals surface area contributed by atoms with Gasteiger partial charge in [0.2, 0.25) is 11.9 Å². The Morgan fingerprint density at radius 1 is 1.04 bits per heavy atom. The molecule has 1 aliphatic rings. The molecule has 0 saturated carbocycles. The van der Waals surface area contributed by atoms with Crippen LogP contribution in [0.3, 0.4) is 0 Å². The van der Waals surface area contributed by atoms with Crippen molar-refractivity contribution in [3.8, 4) is 5.75 Å². The van der Waals surface area contributed by atoms with Gasteiger partial charge in [0.1, 0.15) is 5.75 Å². The van der Waals surface area contributed by atoms with Crippen LogP contribution in [-0.4, -0.2) is 58.4 Å². The molecule has 2 aromatic heterocycles. The van der Waals surface area contributed by atoms with Crippen LogP contribution < -0.4 is 19.9 Å². The fourth-order valence-corrected chi connectivity index (χ4v) is 3.20. The Labute approximate surface area is 167 Å². The van der Waals surface area contributed by atoms with Crippen LogP contribution in [0.15, 0.2) is 42.9 Å². The van der Waals surface area contributed by atoms with E-state index in [9.17, 15) is 0 Å². The first-order chi connectivity index (χ1) is 13.7. The van der Waals surface area contributed by atoms with E-state index in [-0.39, 0.29) is 0 Å². The van der Waals surface area contributed by atoms with Gasteiger partial charge in [-0.3, -0.25) is 0 Å². The quantitative estimate of drug-likeness (QED) is 0.695. The lowest BCUT2D eigenvalue weighted by molar-refractivity contribution is 0.415.